The SMILES string of the molecule is Cc1cccc2cc(CNC(=O)C(C)(C)C)c(=O)[nH]c12. The number of aromatic amines is 1. The first-order chi connectivity index (χ1) is 9.29. The van der Waals surface area contributed by atoms with Gasteiger partial charge in [-0.3, -0.25) is 9.59 Å². The van der Waals surface area contributed by atoms with E-state index in [1.165, 1.54) is 0 Å². The van der Waals surface area contributed by atoms with Crippen molar-refractivity contribution in [2.45, 2.75) is 34.2 Å². The van der Waals surface area contributed by atoms with E-state index in [1.54, 1.807) is 0 Å². The van der Waals surface area contributed by atoms with Gasteiger partial charge in [-0.2, -0.15) is 0 Å². The highest BCUT2D eigenvalue weighted by Crippen LogP contribution is 2.16. The summed E-state index contributed by atoms with van der Waals surface area (Å²) in [6.45, 7) is 7.73. The maximum atomic E-state index is 12.0. The molecule has 0 radical (unpaired) electrons. The van der Waals surface area contributed by atoms with E-state index in [0.29, 0.717) is 5.56 Å². The average Bonchev–Trinajstić information content (AvgIpc) is 2.36. The Bertz CT molecular complexity index is 708. The summed E-state index contributed by atoms with van der Waals surface area (Å²) < 4.78 is 0. The Morgan fingerprint density at radius 2 is 2.00 bits per heavy atom. The summed E-state index contributed by atoms with van der Waals surface area (Å²) in [6, 6.07) is 7.70. The summed E-state index contributed by atoms with van der Waals surface area (Å²) in [7, 11) is 0. The van der Waals surface area contributed by atoms with E-state index >= 15 is 0 Å². The molecule has 0 spiro atoms. The third-order valence-electron chi connectivity index (χ3n) is 3.29. The minimum atomic E-state index is -0.458. The molecule has 1 amide bonds. The maximum Gasteiger partial charge on any atom is 0.253 e. The summed E-state index contributed by atoms with van der Waals surface area (Å²) in [5.41, 5.74) is 1.84. The molecule has 1 heterocycles. The first-order valence-corrected chi connectivity index (χ1v) is 6.69. The largest absolute Gasteiger partial charge is 0.351 e. The number of carbonyl (C=O) groups is 1. The summed E-state index contributed by atoms with van der Waals surface area (Å²) in [4.78, 5) is 26.8. The molecule has 1 aromatic heterocycles. The number of para-hydroxylation sites is 1. The zero-order valence-electron chi connectivity index (χ0n) is 12.3. The first-order valence-electron chi connectivity index (χ1n) is 6.69. The zero-order chi connectivity index (χ0) is 14.9. The van der Waals surface area contributed by atoms with E-state index in [0.717, 1.165) is 16.5 Å². The van der Waals surface area contributed by atoms with Crippen LogP contribution in [0.4, 0.5) is 0 Å². The Morgan fingerprint density at radius 3 is 2.65 bits per heavy atom. The number of rotatable bonds is 2. The van der Waals surface area contributed by atoms with Crippen LogP contribution in [0.5, 0.6) is 0 Å². The van der Waals surface area contributed by atoms with E-state index in [-0.39, 0.29) is 18.0 Å². The van der Waals surface area contributed by atoms with Crippen LogP contribution < -0.4 is 10.9 Å². The molecule has 0 fully saturated rings. The Labute approximate surface area is 118 Å². The molecule has 0 aliphatic rings. The Hall–Kier alpha value is -2.10. The fourth-order valence-corrected chi connectivity index (χ4v) is 2.00. The van der Waals surface area contributed by atoms with E-state index in [4.69, 9.17) is 0 Å². The quantitative estimate of drug-likeness (QED) is 0.882. The predicted molar refractivity (Wildman–Crippen MR) is 80.6 cm³/mol. The minimum absolute atomic E-state index is 0.0683. The Kier molecular flexibility index (Phi) is 3.66. The van der Waals surface area contributed by atoms with E-state index in [2.05, 4.69) is 10.3 Å². The normalized spacial score (nSPS) is 11.6. The molecule has 0 unspecified atom stereocenters. The van der Waals surface area contributed by atoms with Gasteiger partial charge in [-0.05, 0) is 23.9 Å². The van der Waals surface area contributed by atoms with Crippen molar-refractivity contribution in [1.29, 1.82) is 0 Å². The van der Waals surface area contributed by atoms with Crippen LogP contribution in [-0.2, 0) is 11.3 Å². The van der Waals surface area contributed by atoms with Gasteiger partial charge in [-0.1, -0.05) is 39.0 Å². The van der Waals surface area contributed by atoms with Gasteiger partial charge in [-0.15, -0.1) is 0 Å². The van der Waals surface area contributed by atoms with Crippen LogP contribution in [-0.4, -0.2) is 10.9 Å². The van der Waals surface area contributed by atoms with Gasteiger partial charge in [0.2, 0.25) is 5.91 Å². The highest BCUT2D eigenvalue weighted by molar-refractivity contribution is 5.83. The number of pyridine rings is 1. The summed E-state index contributed by atoms with van der Waals surface area (Å²) in [6.07, 6.45) is 0. The molecule has 2 N–H and O–H groups in total. The molecule has 0 bridgehead atoms. The lowest BCUT2D eigenvalue weighted by molar-refractivity contribution is -0.128. The van der Waals surface area contributed by atoms with Crippen LogP contribution in [0.25, 0.3) is 10.9 Å². The highest BCUT2D eigenvalue weighted by Gasteiger charge is 2.20. The van der Waals surface area contributed by atoms with Crippen molar-refractivity contribution in [1.82, 2.24) is 10.3 Å². The molecule has 0 saturated carbocycles. The third kappa shape index (κ3) is 2.90. The molecular formula is C16H20N2O2. The second kappa shape index (κ2) is 5.12. The first kappa shape index (κ1) is 14.3. The maximum absolute atomic E-state index is 12.0. The average molecular weight is 272 g/mol. The Morgan fingerprint density at radius 1 is 1.30 bits per heavy atom. The van der Waals surface area contributed by atoms with Crippen LogP contribution in [0.1, 0.15) is 31.9 Å². The molecule has 0 atom stereocenters. The molecule has 0 aliphatic heterocycles. The lowest BCUT2D eigenvalue weighted by Crippen LogP contribution is -2.35. The molecule has 2 aromatic rings. The van der Waals surface area contributed by atoms with Crippen molar-refractivity contribution < 1.29 is 4.79 Å². The highest BCUT2D eigenvalue weighted by atomic mass is 16.2. The van der Waals surface area contributed by atoms with Gasteiger partial charge in [0.25, 0.3) is 5.56 Å². The molecule has 106 valence electrons. The van der Waals surface area contributed by atoms with E-state index in [1.807, 2.05) is 52.0 Å². The van der Waals surface area contributed by atoms with Crippen LogP contribution in [0, 0.1) is 12.3 Å². The number of amides is 1. The monoisotopic (exact) mass is 272 g/mol. The number of aryl methyl sites for hydroxylation is 1. The van der Waals surface area contributed by atoms with Gasteiger partial charge in [-0.25, -0.2) is 0 Å². The van der Waals surface area contributed by atoms with Crippen LogP contribution >= 0.6 is 0 Å². The van der Waals surface area contributed by atoms with Gasteiger partial charge in [0.15, 0.2) is 0 Å². The number of aromatic nitrogens is 1. The third-order valence-corrected chi connectivity index (χ3v) is 3.29. The molecular weight excluding hydrogens is 252 g/mol. The number of benzene rings is 1. The minimum Gasteiger partial charge on any atom is -0.351 e. The van der Waals surface area contributed by atoms with Gasteiger partial charge in [0, 0.05) is 17.5 Å². The molecule has 0 saturated heterocycles. The van der Waals surface area contributed by atoms with Crippen LogP contribution in [0.15, 0.2) is 29.1 Å². The summed E-state index contributed by atoms with van der Waals surface area (Å²) >= 11 is 0. The van der Waals surface area contributed by atoms with Gasteiger partial charge in [0.1, 0.15) is 0 Å². The van der Waals surface area contributed by atoms with Crippen molar-refractivity contribution in [3.05, 3.63) is 45.7 Å². The number of H-pyrrole nitrogens is 1. The number of hydrogen-bond acceptors (Lipinski definition) is 2. The molecule has 4 heteroatoms. The standard InChI is InChI=1S/C16H20N2O2/c1-10-6-5-7-11-8-12(14(19)18-13(10)11)9-17-15(20)16(2,3)4/h5-8H,9H2,1-4H3,(H,17,20)(H,18,19). The van der Waals surface area contributed by atoms with Crippen molar-refractivity contribution in [2.24, 2.45) is 5.41 Å². The molecule has 2 rings (SSSR count). The predicted octanol–water partition coefficient (Wildman–Crippen LogP) is 2.50. The summed E-state index contributed by atoms with van der Waals surface area (Å²) in [5.74, 6) is -0.0683. The van der Waals surface area contributed by atoms with E-state index < -0.39 is 5.41 Å². The fraction of sp³-hybridized carbons (Fsp3) is 0.375. The van der Waals surface area contributed by atoms with Crippen molar-refractivity contribution in [2.75, 3.05) is 0 Å². The fourth-order valence-electron chi connectivity index (χ4n) is 2.00. The smallest absolute Gasteiger partial charge is 0.253 e. The van der Waals surface area contributed by atoms with Crippen molar-refractivity contribution in [3.63, 3.8) is 0 Å². The lowest BCUT2D eigenvalue weighted by Gasteiger charge is -2.17. The number of fused-ring (bicyclic) bond motifs is 1. The number of hydrogen-bond donors (Lipinski definition) is 2. The van der Waals surface area contributed by atoms with Crippen molar-refractivity contribution in [3.8, 4) is 0 Å². The van der Waals surface area contributed by atoms with Crippen molar-refractivity contribution >= 4 is 16.8 Å². The van der Waals surface area contributed by atoms with Gasteiger partial charge >= 0.3 is 0 Å². The topological polar surface area (TPSA) is 62.0 Å². The molecule has 0 aliphatic carbocycles. The molecule has 20 heavy (non-hydrogen) atoms. The van der Waals surface area contributed by atoms with Crippen LogP contribution in [0.2, 0.25) is 0 Å². The van der Waals surface area contributed by atoms with Crippen LogP contribution in [0.3, 0.4) is 0 Å². The van der Waals surface area contributed by atoms with Gasteiger partial charge < -0.3 is 10.3 Å². The molecule has 1 aromatic carbocycles. The second-order valence-electron chi connectivity index (χ2n) is 6.10. The number of carbonyl (C=O) groups excluding carboxylic acids is 1. The number of nitrogens with one attached hydrogen (secondary N) is 2. The van der Waals surface area contributed by atoms with E-state index in [9.17, 15) is 9.59 Å². The second-order valence-corrected chi connectivity index (χ2v) is 6.10. The lowest BCUT2D eigenvalue weighted by atomic mass is 9.95. The van der Waals surface area contributed by atoms with Gasteiger partial charge in [0.05, 0.1) is 5.52 Å². The molecule has 4 nitrogen and oxygen atoms in total. The Balaban J connectivity index is 2.30. The zero-order valence-corrected chi connectivity index (χ0v) is 12.3. The summed E-state index contributed by atoms with van der Waals surface area (Å²) in [5, 5.41) is 3.78.